The Bertz CT molecular complexity index is 1630. The molecule has 13 heteroatoms. The van der Waals surface area contributed by atoms with Gasteiger partial charge in [-0.25, -0.2) is 13.9 Å². The lowest BCUT2D eigenvalue weighted by Gasteiger charge is -2.11. The Balaban J connectivity index is 1.44. The number of rotatable bonds is 6. The van der Waals surface area contributed by atoms with E-state index in [1.807, 2.05) is 0 Å². The van der Waals surface area contributed by atoms with E-state index in [-0.39, 0.29) is 28.7 Å². The molecule has 0 bridgehead atoms. The van der Waals surface area contributed by atoms with Gasteiger partial charge in [-0.05, 0) is 64.0 Å². The van der Waals surface area contributed by atoms with E-state index in [4.69, 9.17) is 4.74 Å². The van der Waals surface area contributed by atoms with Crippen LogP contribution in [0.25, 0.3) is 16.9 Å². The third kappa shape index (κ3) is 5.23. The summed E-state index contributed by atoms with van der Waals surface area (Å²) >= 11 is 3.31. The molecule has 1 amide bonds. The molecule has 0 saturated heterocycles. The smallest absolute Gasteiger partial charge is 0.433 e. The molecule has 5 aromatic rings. The van der Waals surface area contributed by atoms with Crippen molar-refractivity contribution in [3.63, 3.8) is 0 Å². The molecule has 0 fully saturated rings. The van der Waals surface area contributed by atoms with Gasteiger partial charge in [-0.15, -0.1) is 0 Å². The van der Waals surface area contributed by atoms with Crippen LogP contribution in [0.1, 0.15) is 21.7 Å². The Kier molecular flexibility index (Phi) is 6.61. The van der Waals surface area contributed by atoms with Gasteiger partial charge in [0.25, 0.3) is 5.91 Å². The number of hydrogen-bond donors (Lipinski definition) is 1. The van der Waals surface area contributed by atoms with Gasteiger partial charge in [-0.1, -0.05) is 12.1 Å². The van der Waals surface area contributed by atoms with Crippen molar-refractivity contribution < 1.29 is 27.1 Å². The van der Waals surface area contributed by atoms with Crippen molar-refractivity contribution in [2.45, 2.75) is 12.7 Å². The monoisotopic (exact) mass is 588 g/mol. The summed E-state index contributed by atoms with van der Waals surface area (Å²) in [4.78, 5) is 17.2. The maximum atomic E-state index is 13.9. The molecule has 2 aromatic carbocycles. The lowest BCUT2D eigenvalue weighted by molar-refractivity contribution is -0.142. The van der Waals surface area contributed by atoms with Crippen molar-refractivity contribution in [2.75, 3.05) is 12.4 Å². The molecule has 0 radical (unpaired) electrons. The molecular formula is C25H17BrF4N6O2. The third-order valence-electron chi connectivity index (χ3n) is 5.54. The summed E-state index contributed by atoms with van der Waals surface area (Å²) in [6, 6.07) is 14.3. The number of carbonyl (C=O) groups excluding carboxylic acids is 1. The number of carbonyl (C=O) groups is 1. The Morgan fingerprint density at radius 1 is 1.05 bits per heavy atom. The van der Waals surface area contributed by atoms with E-state index < -0.39 is 17.8 Å². The first kappa shape index (κ1) is 25.4. The van der Waals surface area contributed by atoms with Gasteiger partial charge < -0.3 is 10.1 Å². The lowest BCUT2D eigenvalue weighted by atomic mass is 10.1. The topological polar surface area (TPSA) is 86.3 Å². The Labute approximate surface area is 221 Å². The molecule has 3 heterocycles. The van der Waals surface area contributed by atoms with Crippen LogP contribution in [0.3, 0.4) is 0 Å². The zero-order chi connectivity index (χ0) is 27.0. The number of nitrogens with one attached hydrogen (secondary N) is 1. The minimum absolute atomic E-state index is 0.0571. The van der Waals surface area contributed by atoms with Crippen molar-refractivity contribution in [1.29, 1.82) is 0 Å². The van der Waals surface area contributed by atoms with Crippen molar-refractivity contribution in [3.05, 3.63) is 94.1 Å². The average Bonchev–Trinajstić information content (AvgIpc) is 3.47. The van der Waals surface area contributed by atoms with Crippen molar-refractivity contribution in [3.8, 4) is 17.0 Å². The van der Waals surface area contributed by atoms with Gasteiger partial charge in [-0.3, -0.25) is 9.48 Å². The molecule has 0 aliphatic heterocycles. The van der Waals surface area contributed by atoms with Gasteiger partial charge in [0.05, 0.1) is 23.8 Å². The molecule has 0 aliphatic rings. The van der Waals surface area contributed by atoms with Gasteiger partial charge in [0, 0.05) is 17.8 Å². The summed E-state index contributed by atoms with van der Waals surface area (Å²) in [5, 5.41) is 10.7. The van der Waals surface area contributed by atoms with Crippen LogP contribution >= 0.6 is 15.9 Å². The fraction of sp³-hybridized carbons (Fsp3) is 0.120. The van der Waals surface area contributed by atoms with Crippen molar-refractivity contribution >= 4 is 33.3 Å². The maximum absolute atomic E-state index is 13.9. The van der Waals surface area contributed by atoms with Crippen LogP contribution in [0.4, 0.5) is 23.4 Å². The highest BCUT2D eigenvalue weighted by molar-refractivity contribution is 9.10. The lowest BCUT2D eigenvalue weighted by Crippen LogP contribution is -2.16. The Morgan fingerprint density at radius 2 is 1.76 bits per heavy atom. The number of amides is 1. The standard InChI is InChI=1S/C25H17BrF4N6O2/c1-38-17-8-4-15(5-9-17)19-10-21(25(28,29)30)36-22(31-19)11-20(33-36)24(37)32-23-18(26)13-35(34-23)12-14-2-6-16(27)7-3-14/h2-11,13H,12H2,1H3,(H,32,34,37). The first-order valence-electron chi connectivity index (χ1n) is 11.0. The quantitative estimate of drug-likeness (QED) is 0.252. The van der Waals surface area contributed by atoms with E-state index in [9.17, 15) is 22.4 Å². The van der Waals surface area contributed by atoms with Gasteiger partial charge in [0.1, 0.15) is 11.6 Å². The third-order valence-corrected chi connectivity index (χ3v) is 6.12. The summed E-state index contributed by atoms with van der Waals surface area (Å²) in [6.45, 7) is 0.302. The maximum Gasteiger partial charge on any atom is 0.433 e. The number of hydrogen-bond acceptors (Lipinski definition) is 5. The first-order chi connectivity index (χ1) is 18.1. The van der Waals surface area contributed by atoms with Gasteiger partial charge in [-0.2, -0.15) is 23.4 Å². The highest BCUT2D eigenvalue weighted by atomic mass is 79.9. The molecule has 8 nitrogen and oxygen atoms in total. The van der Waals surface area contributed by atoms with Crippen LogP contribution in [0.2, 0.25) is 0 Å². The van der Waals surface area contributed by atoms with Crippen LogP contribution in [-0.2, 0) is 12.7 Å². The molecule has 0 unspecified atom stereocenters. The SMILES string of the molecule is COc1ccc(-c2cc(C(F)(F)F)n3nc(C(=O)Nc4nn(Cc5ccc(F)cc5)cc4Br)cc3n2)cc1. The number of benzene rings is 2. The van der Waals surface area contributed by atoms with Crippen molar-refractivity contribution in [2.24, 2.45) is 0 Å². The summed E-state index contributed by atoms with van der Waals surface area (Å²) < 4.78 is 62.5. The number of methoxy groups -OCH3 is 1. The zero-order valence-corrected chi connectivity index (χ0v) is 21.1. The molecule has 0 aliphatic carbocycles. The minimum Gasteiger partial charge on any atom is -0.497 e. The fourth-order valence-corrected chi connectivity index (χ4v) is 4.12. The number of alkyl halides is 3. The zero-order valence-electron chi connectivity index (χ0n) is 19.5. The number of halogens is 5. The minimum atomic E-state index is -4.76. The van der Waals surface area contributed by atoms with Gasteiger partial charge in [0.15, 0.2) is 22.9 Å². The van der Waals surface area contributed by atoms with Crippen LogP contribution in [0, 0.1) is 5.82 Å². The summed E-state index contributed by atoms with van der Waals surface area (Å²) in [6.07, 6.45) is -3.16. The molecule has 3 aromatic heterocycles. The van der Waals surface area contributed by atoms with Crippen LogP contribution < -0.4 is 10.1 Å². The van der Waals surface area contributed by atoms with Crippen LogP contribution in [0.5, 0.6) is 5.75 Å². The highest BCUT2D eigenvalue weighted by Crippen LogP contribution is 2.33. The van der Waals surface area contributed by atoms with E-state index in [2.05, 4.69) is 36.4 Å². The first-order valence-corrected chi connectivity index (χ1v) is 11.8. The van der Waals surface area contributed by atoms with E-state index in [1.165, 1.54) is 30.0 Å². The normalized spacial score (nSPS) is 11.6. The number of aromatic nitrogens is 5. The van der Waals surface area contributed by atoms with E-state index >= 15 is 0 Å². The fourth-order valence-electron chi connectivity index (χ4n) is 3.71. The summed E-state index contributed by atoms with van der Waals surface area (Å²) in [7, 11) is 1.48. The van der Waals surface area contributed by atoms with E-state index in [1.54, 1.807) is 42.6 Å². The molecule has 194 valence electrons. The summed E-state index contributed by atoms with van der Waals surface area (Å²) in [5.74, 6) is -0.463. The number of ether oxygens (including phenoxy) is 1. The number of nitrogens with zero attached hydrogens (tertiary/aromatic N) is 5. The van der Waals surface area contributed by atoms with E-state index in [0.29, 0.717) is 26.8 Å². The Morgan fingerprint density at radius 3 is 2.42 bits per heavy atom. The Hall–Kier alpha value is -4.26. The van der Waals surface area contributed by atoms with Gasteiger partial charge in [0.2, 0.25) is 0 Å². The molecule has 38 heavy (non-hydrogen) atoms. The average molecular weight is 589 g/mol. The second kappa shape index (κ2) is 9.89. The second-order valence-electron chi connectivity index (χ2n) is 8.16. The largest absolute Gasteiger partial charge is 0.497 e. The van der Waals surface area contributed by atoms with E-state index in [0.717, 1.165) is 11.6 Å². The molecule has 5 rings (SSSR count). The molecule has 0 atom stereocenters. The van der Waals surface area contributed by atoms with Crippen LogP contribution in [0.15, 0.2) is 71.3 Å². The predicted octanol–water partition coefficient (Wildman–Crippen LogP) is 5.82. The highest BCUT2D eigenvalue weighted by Gasteiger charge is 2.35. The second-order valence-corrected chi connectivity index (χ2v) is 9.01. The molecular weight excluding hydrogens is 572 g/mol. The van der Waals surface area contributed by atoms with Crippen molar-refractivity contribution in [1.82, 2.24) is 24.4 Å². The molecule has 1 N–H and O–H groups in total. The molecule has 0 saturated carbocycles. The number of fused-ring (bicyclic) bond motifs is 1. The predicted molar refractivity (Wildman–Crippen MR) is 133 cm³/mol. The number of anilines is 1. The van der Waals surface area contributed by atoms with Crippen LogP contribution in [-0.4, -0.2) is 37.4 Å². The molecule has 0 spiro atoms. The van der Waals surface area contributed by atoms with Gasteiger partial charge >= 0.3 is 6.18 Å². The summed E-state index contributed by atoms with van der Waals surface area (Å²) in [5.41, 5.74) is -0.259.